The van der Waals surface area contributed by atoms with E-state index in [-0.39, 0.29) is 28.8 Å². The van der Waals surface area contributed by atoms with Crippen LogP contribution in [0.3, 0.4) is 0 Å². The molecule has 6 rings (SSSR count). The number of nitrogens with zero attached hydrogens (tertiary/aromatic N) is 2. The summed E-state index contributed by atoms with van der Waals surface area (Å²) in [6, 6.07) is 23.8. The number of hydrogen-bond donors (Lipinski definition) is 1. The number of hydrogen-bond acceptors (Lipinski definition) is 7. The molecule has 0 saturated heterocycles. The van der Waals surface area contributed by atoms with Gasteiger partial charge < -0.3 is 5.32 Å². The molecule has 1 aliphatic carbocycles. The molecule has 2 heterocycles. The summed E-state index contributed by atoms with van der Waals surface area (Å²) >= 11 is 2.88. The Morgan fingerprint density at radius 3 is 2.36 bits per heavy atom. The van der Waals surface area contributed by atoms with Crippen molar-refractivity contribution in [3.63, 3.8) is 0 Å². The van der Waals surface area contributed by atoms with Crippen LogP contribution in [0.15, 0.2) is 90.2 Å². The van der Waals surface area contributed by atoms with Gasteiger partial charge in [0.25, 0.3) is 0 Å². The highest BCUT2D eigenvalue weighted by molar-refractivity contribution is 8.00. The third kappa shape index (κ3) is 3.90. The van der Waals surface area contributed by atoms with Crippen molar-refractivity contribution in [2.24, 2.45) is 0 Å². The monoisotopic (exact) mass is 507 g/mol. The summed E-state index contributed by atoms with van der Waals surface area (Å²) < 4.78 is 0. The Bertz CT molecular complexity index is 1680. The second-order valence-electron chi connectivity index (χ2n) is 8.14. The number of aromatic nitrogens is 2. The Morgan fingerprint density at radius 2 is 1.56 bits per heavy atom. The number of anilines is 1. The van der Waals surface area contributed by atoms with Crippen LogP contribution in [0.2, 0.25) is 0 Å². The van der Waals surface area contributed by atoms with E-state index in [2.05, 4.69) is 15.3 Å². The summed E-state index contributed by atoms with van der Waals surface area (Å²) in [7, 11) is 0. The zero-order valence-corrected chi connectivity index (χ0v) is 20.4. The molecule has 1 N–H and O–H groups in total. The smallest absolute Gasteiger partial charge is 0.234 e. The normalized spacial score (nSPS) is 12.3. The Hall–Kier alpha value is -4.14. The number of carbonyl (C=O) groups is 3. The number of thiophene rings is 1. The third-order valence-corrected chi connectivity index (χ3v) is 8.02. The van der Waals surface area contributed by atoms with Crippen LogP contribution >= 0.6 is 23.1 Å². The molecule has 0 bridgehead atoms. The van der Waals surface area contributed by atoms with Crippen LogP contribution in [0, 0.1) is 0 Å². The molecule has 8 heteroatoms. The molecular weight excluding hydrogens is 490 g/mol. The number of fused-ring (bicyclic) bond motifs is 3. The zero-order valence-electron chi connectivity index (χ0n) is 18.7. The number of ketones is 2. The minimum atomic E-state index is -0.294. The van der Waals surface area contributed by atoms with E-state index < -0.39 is 0 Å². The maximum absolute atomic E-state index is 13.2. The zero-order chi connectivity index (χ0) is 24.6. The van der Waals surface area contributed by atoms with Gasteiger partial charge in [-0.3, -0.25) is 14.4 Å². The van der Waals surface area contributed by atoms with Gasteiger partial charge in [0.2, 0.25) is 5.91 Å². The van der Waals surface area contributed by atoms with E-state index in [9.17, 15) is 14.4 Å². The van der Waals surface area contributed by atoms with E-state index in [0.717, 1.165) is 20.7 Å². The molecule has 0 spiro atoms. The highest BCUT2D eigenvalue weighted by Gasteiger charge is 2.31. The first-order valence-corrected chi connectivity index (χ1v) is 12.9. The second-order valence-corrected chi connectivity index (χ2v) is 10.1. The highest BCUT2D eigenvalue weighted by Crippen LogP contribution is 2.36. The Morgan fingerprint density at radius 1 is 0.833 bits per heavy atom. The van der Waals surface area contributed by atoms with Crippen LogP contribution in [-0.4, -0.2) is 33.2 Å². The molecule has 0 atom stereocenters. The van der Waals surface area contributed by atoms with Crippen LogP contribution in [-0.2, 0) is 4.79 Å². The van der Waals surface area contributed by atoms with Gasteiger partial charge in [0, 0.05) is 27.0 Å². The van der Waals surface area contributed by atoms with Gasteiger partial charge in [0.05, 0.1) is 17.0 Å². The number of carbonyl (C=O) groups excluding carboxylic acids is 3. The van der Waals surface area contributed by atoms with Crippen molar-refractivity contribution in [2.75, 3.05) is 11.1 Å². The number of rotatable bonds is 5. The Kier molecular flexibility index (Phi) is 5.67. The van der Waals surface area contributed by atoms with Crippen molar-refractivity contribution in [1.29, 1.82) is 0 Å². The maximum atomic E-state index is 13.2. The minimum Gasteiger partial charge on any atom is -0.325 e. The topological polar surface area (TPSA) is 89.0 Å². The molecule has 5 aromatic rings. The summed E-state index contributed by atoms with van der Waals surface area (Å²) in [5.74, 6) is -0.697. The molecule has 0 fully saturated rings. The molecule has 36 heavy (non-hydrogen) atoms. The lowest BCUT2D eigenvalue weighted by molar-refractivity contribution is -0.113. The van der Waals surface area contributed by atoms with Gasteiger partial charge in [0.1, 0.15) is 16.2 Å². The van der Waals surface area contributed by atoms with Crippen molar-refractivity contribution in [3.8, 4) is 10.4 Å². The Labute approximate surface area is 214 Å². The lowest BCUT2D eigenvalue weighted by Crippen LogP contribution is -2.24. The van der Waals surface area contributed by atoms with Gasteiger partial charge >= 0.3 is 0 Å². The molecule has 0 unspecified atom stereocenters. The number of amides is 1. The van der Waals surface area contributed by atoms with Gasteiger partial charge in [-0.05, 0) is 17.7 Å². The fraction of sp³-hybridized carbons (Fsp3) is 0.0357. The SMILES string of the molecule is O=C(CSc1ncnc2sc(-c3ccccc3)cc12)Nc1cccc2c1C(=O)c1ccccc1C2=O. The van der Waals surface area contributed by atoms with Crippen molar-refractivity contribution in [3.05, 3.63) is 107 Å². The van der Waals surface area contributed by atoms with Gasteiger partial charge in [-0.2, -0.15) is 0 Å². The van der Waals surface area contributed by atoms with Gasteiger partial charge in [-0.15, -0.1) is 11.3 Å². The lowest BCUT2D eigenvalue weighted by atomic mass is 9.83. The summed E-state index contributed by atoms with van der Waals surface area (Å²) in [5.41, 5.74) is 2.70. The standard InChI is InChI=1S/C28H17N3O3S2/c32-23(14-35-27-20-13-22(16-7-2-1-3-8-16)36-28(20)30-15-29-27)31-21-12-6-11-19-24(21)26(34)18-10-5-4-9-17(18)25(19)33/h1-13,15H,14H2,(H,31,32). The first-order valence-electron chi connectivity index (χ1n) is 11.1. The van der Waals surface area contributed by atoms with Crippen LogP contribution in [0.5, 0.6) is 0 Å². The van der Waals surface area contributed by atoms with E-state index in [1.165, 1.54) is 18.1 Å². The summed E-state index contributed by atoms with van der Waals surface area (Å²) in [4.78, 5) is 49.7. The predicted octanol–water partition coefficient (Wildman–Crippen LogP) is 5.86. The molecule has 1 aliphatic rings. The molecule has 0 aliphatic heterocycles. The second kappa shape index (κ2) is 9.14. The fourth-order valence-corrected chi connectivity index (χ4v) is 6.10. The Balaban J connectivity index is 1.23. The van der Waals surface area contributed by atoms with Crippen LogP contribution in [0.25, 0.3) is 20.7 Å². The van der Waals surface area contributed by atoms with Crippen molar-refractivity contribution in [2.45, 2.75) is 5.03 Å². The largest absolute Gasteiger partial charge is 0.325 e. The number of benzene rings is 3. The first-order chi connectivity index (χ1) is 17.6. The van der Waals surface area contributed by atoms with E-state index in [1.807, 2.05) is 36.4 Å². The molecule has 3 aromatic carbocycles. The first kappa shape index (κ1) is 22.3. The van der Waals surface area contributed by atoms with E-state index in [0.29, 0.717) is 27.4 Å². The molecule has 0 radical (unpaired) electrons. The molecule has 2 aromatic heterocycles. The number of nitrogens with one attached hydrogen (secondary N) is 1. The summed E-state index contributed by atoms with van der Waals surface area (Å²) in [6.07, 6.45) is 1.50. The molecule has 174 valence electrons. The number of thioether (sulfide) groups is 1. The van der Waals surface area contributed by atoms with Crippen LogP contribution in [0.4, 0.5) is 5.69 Å². The van der Waals surface area contributed by atoms with E-state index in [4.69, 9.17) is 0 Å². The summed E-state index contributed by atoms with van der Waals surface area (Å²) in [5, 5.41) is 4.44. The molecule has 6 nitrogen and oxygen atoms in total. The summed E-state index contributed by atoms with van der Waals surface area (Å²) in [6.45, 7) is 0. The average Bonchev–Trinajstić information content (AvgIpc) is 3.36. The van der Waals surface area contributed by atoms with Crippen molar-refractivity contribution in [1.82, 2.24) is 9.97 Å². The third-order valence-electron chi connectivity index (χ3n) is 5.92. The van der Waals surface area contributed by atoms with Crippen molar-refractivity contribution < 1.29 is 14.4 Å². The van der Waals surface area contributed by atoms with Gasteiger partial charge in [-0.25, -0.2) is 9.97 Å². The van der Waals surface area contributed by atoms with Gasteiger partial charge in [-0.1, -0.05) is 78.5 Å². The van der Waals surface area contributed by atoms with E-state index in [1.54, 1.807) is 53.8 Å². The molecular formula is C28H17N3O3S2. The predicted molar refractivity (Wildman–Crippen MR) is 142 cm³/mol. The highest BCUT2D eigenvalue weighted by atomic mass is 32.2. The molecule has 1 amide bonds. The molecule has 0 saturated carbocycles. The minimum absolute atomic E-state index is 0.0883. The van der Waals surface area contributed by atoms with Crippen molar-refractivity contribution >= 4 is 56.5 Å². The average molecular weight is 508 g/mol. The quantitative estimate of drug-likeness (QED) is 0.232. The van der Waals surface area contributed by atoms with E-state index >= 15 is 0 Å². The lowest BCUT2D eigenvalue weighted by Gasteiger charge is -2.20. The van der Waals surface area contributed by atoms with Gasteiger partial charge in [0.15, 0.2) is 11.6 Å². The van der Waals surface area contributed by atoms with Crippen LogP contribution in [0.1, 0.15) is 31.8 Å². The van der Waals surface area contributed by atoms with Crippen LogP contribution < -0.4 is 5.32 Å². The maximum Gasteiger partial charge on any atom is 0.234 e. The fourth-order valence-electron chi connectivity index (χ4n) is 4.26.